The van der Waals surface area contributed by atoms with E-state index in [0.717, 1.165) is 0 Å². The Kier molecular flexibility index (Phi) is 3.78. The molecule has 1 amide bonds. The van der Waals surface area contributed by atoms with E-state index in [0.29, 0.717) is 13.0 Å². The highest BCUT2D eigenvalue weighted by Gasteiger charge is 2.36. The van der Waals surface area contributed by atoms with Crippen LogP contribution in [0.3, 0.4) is 0 Å². The van der Waals surface area contributed by atoms with Crippen molar-refractivity contribution in [2.75, 3.05) is 26.8 Å². The van der Waals surface area contributed by atoms with Gasteiger partial charge >= 0.3 is 6.09 Å². The number of hydrogen-bond donors (Lipinski definition) is 1. The van der Waals surface area contributed by atoms with Gasteiger partial charge in [-0.1, -0.05) is 0 Å². The molecule has 1 aliphatic heterocycles. The lowest BCUT2D eigenvalue weighted by Gasteiger charge is -2.27. The van der Waals surface area contributed by atoms with Crippen molar-refractivity contribution in [2.24, 2.45) is 5.92 Å². The van der Waals surface area contributed by atoms with Crippen LogP contribution in [0.1, 0.15) is 29.9 Å². The molecule has 0 saturated carbocycles. The summed E-state index contributed by atoms with van der Waals surface area (Å²) < 4.78 is 24.9. The molecular formula is C12H23NO4. The molecule has 0 bridgehead atoms. The molecule has 1 fully saturated rings. The average Bonchev–Trinajstić information content (AvgIpc) is 2.71. The number of carbonyl (C=O) groups excluding carboxylic acids is 1. The Morgan fingerprint density at radius 2 is 2.35 bits per heavy atom. The molecular weight excluding hydrogens is 222 g/mol. The summed E-state index contributed by atoms with van der Waals surface area (Å²) in [6.07, 6.45) is 0.0105. The number of likely N-dealkylation sites (tertiary alicyclic amines) is 1. The number of rotatable bonds is 3. The molecule has 0 aromatic carbocycles. The van der Waals surface area contributed by atoms with Gasteiger partial charge in [0.1, 0.15) is 5.60 Å². The van der Waals surface area contributed by atoms with Gasteiger partial charge in [-0.2, -0.15) is 0 Å². The summed E-state index contributed by atoms with van der Waals surface area (Å²) in [5.41, 5.74) is -0.590. The largest absolute Gasteiger partial charge is 0.444 e. The summed E-state index contributed by atoms with van der Waals surface area (Å²) in [5.74, 6) is -0.199. The molecule has 3 atom stereocenters. The zero-order chi connectivity index (χ0) is 14.6. The maximum Gasteiger partial charge on any atom is 0.410 e. The molecule has 5 heteroatoms. The maximum atomic E-state index is 12.0. The van der Waals surface area contributed by atoms with Gasteiger partial charge in [0.25, 0.3) is 0 Å². The topological polar surface area (TPSA) is 59.0 Å². The fourth-order valence-corrected chi connectivity index (χ4v) is 1.90. The molecule has 1 rings (SSSR count). The van der Waals surface area contributed by atoms with E-state index >= 15 is 0 Å². The van der Waals surface area contributed by atoms with E-state index in [4.69, 9.17) is 12.2 Å². The van der Waals surface area contributed by atoms with E-state index in [1.807, 2.05) is 0 Å². The van der Waals surface area contributed by atoms with Gasteiger partial charge in [0.2, 0.25) is 0 Å². The minimum absolute atomic E-state index is 0.163. The summed E-state index contributed by atoms with van der Waals surface area (Å²) in [5, 5.41) is 9.32. The van der Waals surface area contributed by atoms with Crippen LogP contribution in [0.2, 0.25) is 0 Å². The van der Waals surface area contributed by atoms with Crippen LogP contribution in [0.15, 0.2) is 0 Å². The van der Waals surface area contributed by atoms with Crippen LogP contribution in [0.4, 0.5) is 4.79 Å². The van der Waals surface area contributed by atoms with Gasteiger partial charge in [-0.3, -0.25) is 0 Å². The van der Waals surface area contributed by atoms with E-state index < -0.39 is 18.3 Å². The van der Waals surface area contributed by atoms with Crippen molar-refractivity contribution in [3.05, 3.63) is 0 Å². The molecule has 0 aromatic rings. The summed E-state index contributed by atoms with van der Waals surface area (Å²) >= 11 is 0. The number of nitrogens with zero attached hydrogens (tertiary/aromatic N) is 1. The van der Waals surface area contributed by atoms with Crippen molar-refractivity contribution in [3.63, 3.8) is 0 Å². The smallest absolute Gasteiger partial charge is 0.410 e. The number of hydrogen-bond acceptors (Lipinski definition) is 4. The molecule has 0 radical (unpaired) electrons. The first-order valence-electron chi connectivity index (χ1n) is 7.00. The van der Waals surface area contributed by atoms with Crippen LogP contribution >= 0.6 is 0 Å². The second kappa shape index (κ2) is 5.69. The van der Waals surface area contributed by atoms with E-state index in [1.54, 1.807) is 20.8 Å². The predicted octanol–water partition coefficient (Wildman–Crippen LogP) is 1.25. The normalized spacial score (nSPS) is 28.6. The third-order valence-corrected chi connectivity index (χ3v) is 2.57. The zero-order valence-corrected chi connectivity index (χ0v) is 10.7. The van der Waals surface area contributed by atoms with Gasteiger partial charge in [-0.15, -0.1) is 0 Å². The van der Waals surface area contributed by atoms with Crippen LogP contribution in [-0.4, -0.2) is 54.6 Å². The number of ether oxygens (including phenoxy) is 2. The maximum absolute atomic E-state index is 12.0. The molecule has 0 aromatic heterocycles. The lowest BCUT2D eigenvalue weighted by Crippen LogP contribution is -2.41. The molecule has 5 nitrogen and oxygen atoms in total. The van der Waals surface area contributed by atoms with E-state index in [-0.39, 0.29) is 25.7 Å². The Hall–Kier alpha value is -0.810. The number of methoxy groups -OCH3 is 1. The Bertz CT molecular complexity index is 309. The number of aliphatic hydroxyl groups is 1. The van der Waals surface area contributed by atoms with Crippen LogP contribution in [0, 0.1) is 5.92 Å². The summed E-state index contributed by atoms with van der Waals surface area (Å²) in [7, 11) is -0.277. The number of carbonyl (C=O) groups is 1. The highest BCUT2D eigenvalue weighted by Crippen LogP contribution is 2.25. The number of amides is 1. The van der Waals surface area contributed by atoms with Gasteiger partial charge in [0, 0.05) is 19.5 Å². The molecule has 0 spiro atoms. The second-order valence-electron chi connectivity index (χ2n) is 5.27. The molecule has 100 valence electrons. The first-order chi connectivity index (χ1) is 8.78. The Morgan fingerprint density at radius 3 is 2.88 bits per heavy atom. The predicted molar refractivity (Wildman–Crippen MR) is 63.8 cm³/mol. The van der Waals surface area contributed by atoms with Crippen molar-refractivity contribution < 1.29 is 22.1 Å². The molecule has 1 saturated heterocycles. The molecule has 17 heavy (non-hydrogen) atoms. The van der Waals surface area contributed by atoms with Crippen LogP contribution < -0.4 is 0 Å². The first-order valence-corrected chi connectivity index (χ1v) is 5.72. The lowest BCUT2D eigenvalue weighted by molar-refractivity contribution is 0.0168. The minimum Gasteiger partial charge on any atom is -0.444 e. The third kappa shape index (κ3) is 4.16. The van der Waals surface area contributed by atoms with Gasteiger partial charge in [0.05, 0.1) is 22.0 Å². The highest BCUT2D eigenvalue weighted by molar-refractivity contribution is 5.69. The lowest BCUT2D eigenvalue weighted by atomic mass is 10.1. The molecule has 0 aliphatic carbocycles. The summed E-state index contributed by atoms with van der Waals surface area (Å²) in [4.78, 5) is 13.5. The Morgan fingerprint density at radius 1 is 1.65 bits per heavy atom. The summed E-state index contributed by atoms with van der Waals surface area (Å²) in [6, 6.07) is -0.345. The zero-order valence-electron chi connectivity index (χ0n) is 12.7. The fraction of sp³-hybridized carbons (Fsp3) is 0.917. The first kappa shape index (κ1) is 11.3. The Labute approximate surface area is 106 Å². The van der Waals surface area contributed by atoms with Crippen molar-refractivity contribution in [3.8, 4) is 0 Å². The summed E-state index contributed by atoms with van der Waals surface area (Å²) in [6.45, 7) is 4.64. The van der Waals surface area contributed by atoms with Gasteiger partial charge in [-0.05, 0) is 27.2 Å². The monoisotopic (exact) mass is 247 g/mol. The van der Waals surface area contributed by atoms with Crippen LogP contribution in [-0.2, 0) is 9.47 Å². The van der Waals surface area contributed by atoms with E-state index in [2.05, 4.69) is 0 Å². The fourth-order valence-electron chi connectivity index (χ4n) is 1.90. The third-order valence-electron chi connectivity index (χ3n) is 2.57. The molecule has 1 aliphatic rings. The minimum atomic E-state index is -0.848. The van der Waals surface area contributed by atoms with Gasteiger partial charge in [-0.25, -0.2) is 4.79 Å². The van der Waals surface area contributed by atoms with Crippen molar-refractivity contribution in [2.45, 2.75) is 38.8 Å². The highest BCUT2D eigenvalue weighted by atomic mass is 16.6. The van der Waals surface area contributed by atoms with Crippen molar-refractivity contribution >= 4 is 6.09 Å². The SMILES string of the molecule is [2H]COC([2H])[C@H]1C[C@@H](CO)N(C(=O)OC(C)(C)C)C1. The molecule has 1 N–H and O–H groups in total. The Balaban J connectivity index is 2.65. The van der Waals surface area contributed by atoms with E-state index in [9.17, 15) is 9.90 Å². The average molecular weight is 247 g/mol. The number of aliphatic hydroxyl groups excluding tert-OH is 1. The molecule has 1 heterocycles. The standard InChI is InChI=1S/C12H23NO4/c1-12(2,3)17-11(15)13-6-9(8-16-4)5-10(13)7-14/h9-10,14H,5-8H2,1-4H3/t9-,10-/m0/s1/i4D,8D/t8?,9-,10-. The molecule has 1 unspecified atom stereocenters. The van der Waals surface area contributed by atoms with Crippen LogP contribution in [0.5, 0.6) is 0 Å². The van der Waals surface area contributed by atoms with Crippen molar-refractivity contribution in [1.29, 1.82) is 0 Å². The van der Waals surface area contributed by atoms with Crippen LogP contribution in [0.25, 0.3) is 0 Å². The second-order valence-corrected chi connectivity index (χ2v) is 5.27. The van der Waals surface area contributed by atoms with Gasteiger partial charge < -0.3 is 19.5 Å². The van der Waals surface area contributed by atoms with Gasteiger partial charge in [0.15, 0.2) is 0 Å². The quantitative estimate of drug-likeness (QED) is 0.815. The van der Waals surface area contributed by atoms with E-state index in [1.165, 1.54) is 4.90 Å². The van der Waals surface area contributed by atoms with Crippen molar-refractivity contribution in [1.82, 2.24) is 4.90 Å².